The average Bonchev–Trinajstić information content (AvgIpc) is 3.47. The first kappa shape index (κ1) is 19.2. The van der Waals surface area contributed by atoms with E-state index in [0.717, 1.165) is 18.4 Å². The minimum atomic E-state index is -0.303. The molecule has 0 aliphatic heterocycles. The zero-order valence-corrected chi connectivity index (χ0v) is 16.4. The molecule has 1 aliphatic rings. The van der Waals surface area contributed by atoms with E-state index in [1.165, 1.54) is 0 Å². The molecule has 2 aromatic carbocycles. The monoisotopic (exact) mass is 390 g/mol. The molecule has 1 aliphatic carbocycles. The molecule has 2 N–H and O–H groups in total. The summed E-state index contributed by atoms with van der Waals surface area (Å²) in [6, 6.07) is 10.7. The van der Waals surface area contributed by atoms with Crippen molar-refractivity contribution in [1.82, 2.24) is 5.32 Å². The number of hydrogen-bond acceptors (Lipinski definition) is 4. The van der Waals surface area contributed by atoms with E-state index in [4.69, 9.17) is 25.8 Å². The van der Waals surface area contributed by atoms with E-state index in [2.05, 4.69) is 10.6 Å². The third-order valence-electron chi connectivity index (χ3n) is 4.85. The Morgan fingerprint density at radius 3 is 2.30 bits per heavy atom. The van der Waals surface area contributed by atoms with Crippen LogP contribution in [0.4, 0.5) is 10.5 Å². The van der Waals surface area contributed by atoms with Gasteiger partial charge >= 0.3 is 6.03 Å². The van der Waals surface area contributed by atoms with Gasteiger partial charge in [-0.05, 0) is 48.7 Å². The van der Waals surface area contributed by atoms with Crippen LogP contribution in [0.3, 0.4) is 0 Å². The molecular formula is C20H23ClN2O4. The highest BCUT2D eigenvalue weighted by Gasteiger charge is 2.44. The van der Waals surface area contributed by atoms with Gasteiger partial charge in [-0.1, -0.05) is 17.7 Å². The average molecular weight is 391 g/mol. The summed E-state index contributed by atoms with van der Waals surface area (Å²) in [6.07, 6.45) is 2.01. The lowest BCUT2D eigenvalue weighted by Gasteiger charge is -2.19. The molecule has 1 fully saturated rings. The molecule has 7 heteroatoms. The van der Waals surface area contributed by atoms with Crippen molar-refractivity contribution in [3.05, 3.63) is 47.0 Å². The molecule has 3 rings (SSSR count). The Morgan fingerprint density at radius 1 is 1.00 bits per heavy atom. The van der Waals surface area contributed by atoms with Gasteiger partial charge in [0.2, 0.25) is 0 Å². The molecule has 1 saturated carbocycles. The number of halogens is 1. The van der Waals surface area contributed by atoms with Gasteiger partial charge in [-0.25, -0.2) is 4.79 Å². The third-order valence-corrected chi connectivity index (χ3v) is 5.08. The topological polar surface area (TPSA) is 68.8 Å². The number of hydrogen-bond donors (Lipinski definition) is 2. The molecule has 0 spiro atoms. The molecule has 0 atom stereocenters. The van der Waals surface area contributed by atoms with Gasteiger partial charge in [0.1, 0.15) is 5.75 Å². The van der Waals surface area contributed by atoms with E-state index in [-0.39, 0.29) is 11.4 Å². The maximum atomic E-state index is 12.4. The SMILES string of the molecule is COc1ccc(Cl)cc1NC(=O)NCC1(c2ccc(OC)c(OC)c2)CC1. The van der Waals surface area contributed by atoms with Crippen LogP contribution in [-0.4, -0.2) is 33.9 Å². The maximum absolute atomic E-state index is 12.4. The summed E-state index contributed by atoms with van der Waals surface area (Å²) in [5.41, 5.74) is 1.58. The lowest BCUT2D eigenvalue weighted by Crippen LogP contribution is -2.35. The summed E-state index contributed by atoms with van der Waals surface area (Å²) in [5.74, 6) is 1.93. The number of rotatable bonds is 7. The number of ether oxygens (including phenoxy) is 3. The molecule has 144 valence electrons. The second kappa shape index (κ2) is 7.96. The molecular weight excluding hydrogens is 368 g/mol. The Morgan fingerprint density at radius 2 is 1.67 bits per heavy atom. The highest BCUT2D eigenvalue weighted by Crippen LogP contribution is 2.49. The van der Waals surface area contributed by atoms with Gasteiger partial charge in [-0.2, -0.15) is 0 Å². The molecule has 0 bridgehead atoms. The fourth-order valence-electron chi connectivity index (χ4n) is 3.08. The standard InChI is InChI=1S/C20H23ClN2O4/c1-25-16-7-5-14(21)11-15(16)23-19(24)22-12-20(8-9-20)13-4-6-17(26-2)18(10-13)27-3/h4-7,10-11H,8-9,12H2,1-3H3,(H2,22,23,24). The first-order valence-electron chi connectivity index (χ1n) is 8.62. The van der Waals surface area contributed by atoms with E-state index in [0.29, 0.717) is 34.5 Å². The van der Waals surface area contributed by atoms with Crippen LogP contribution in [0.5, 0.6) is 17.2 Å². The second-order valence-electron chi connectivity index (χ2n) is 6.50. The van der Waals surface area contributed by atoms with Gasteiger partial charge in [0.15, 0.2) is 11.5 Å². The summed E-state index contributed by atoms with van der Waals surface area (Å²) in [7, 11) is 4.77. The molecule has 2 aromatic rings. The number of carbonyl (C=O) groups excluding carboxylic acids is 1. The fraction of sp³-hybridized carbons (Fsp3) is 0.350. The summed E-state index contributed by atoms with van der Waals surface area (Å²) < 4.78 is 15.9. The number of amides is 2. The number of methoxy groups -OCH3 is 3. The molecule has 27 heavy (non-hydrogen) atoms. The lowest BCUT2D eigenvalue weighted by atomic mass is 9.95. The smallest absolute Gasteiger partial charge is 0.319 e. The molecule has 0 heterocycles. The predicted octanol–water partition coefficient (Wildman–Crippen LogP) is 4.22. The van der Waals surface area contributed by atoms with Crippen LogP contribution >= 0.6 is 11.6 Å². The summed E-state index contributed by atoms with van der Waals surface area (Å²) >= 11 is 6.00. The second-order valence-corrected chi connectivity index (χ2v) is 6.94. The van der Waals surface area contributed by atoms with Gasteiger partial charge < -0.3 is 24.8 Å². The number of benzene rings is 2. The maximum Gasteiger partial charge on any atom is 0.319 e. The Bertz CT molecular complexity index is 837. The quantitative estimate of drug-likeness (QED) is 0.742. The Balaban J connectivity index is 1.66. The zero-order valence-electron chi connectivity index (χ0n) is 15.6. The van der Waals surface area contributed by atoms with E-state index < -0.39 is 0 Å². The number of nitrogens with one attached hydrogen (secondary N) is 2. The van der Waals surface area contributed by atoms with Crippen molar-refractivity contribution >= 4 is 23.3 Å². The van der Waals surface area contributed by atoms with E-state index in [1.54, 1.807) is 39.5 Å². The third kappa shape index (κ3) is 4.22. The van der Waals surface area contributed by atoms with Gasteiger partial charge in [0.25, 0.3) is 0 Å². The van der Waals surface area contributed by atoms with Crippen molar-refractivity contribution in [3.8, 4) is 17.2 Å². The van der Waals surface area contributed by atoms with Gasteiger partial charge in [0, 0.05) is 17.0 Å². The van der Waals surface area contributed by atoms with Crippen LogP contribution in [0, 0.1) is 0 Å². The van der Waals surface area contributed by atoms with Gasteiger partial charge in [-0.15, -0.1) is 0 Å². The van der Waals surface area contributed by atoms with E-state index >= 15 is 0 Å². The van der Waals surface area contributed by atoms with Crippen molar-refractivity contribution in [3.63, 3.8) is 0 Å². The minimum absolute atomic E-state index is 0.0741. The minimum Gasteiger partial charge on any atom is -0.495 e. The highest BCUT2D eigenvalue weighted by atomic mass is 35.5. The number of carbonyl (C=O) groups is 1. The predicted molar refractivity (Wildman–Crippen MR) is 105 cm³/mol. The Kier molecular flexibility index (Phi) is 5.65. The van der Waals surface area contributed by atoms with E-state index in [9.17, 15) is 4.79 Å². The normalized spacial score (nSPS) is 14.2. The summed E-state index contributed by atoms with van der Waals surface area (Å²) in [4.78, 5) is 12.4. The molecule has 0 aromatic heterocycles. The van der Waals surface area contributed by atoms with Crippen molar-refractivity contribution in [2.24, 2.45) is 0 Å². The summed E-state index contributed by atoms with van der Waals surface area (Å²) in [6.45, 7) is 0.525. The number of anilines is 1. The number of urea groups is 1. The molecule has 2 amide bonds. The first-order valence-corrected chi connectivity index (χ1v) is 9.00. The largest absolute Gasteiger partial charge is 0.495 e. The Labute approximate surface area is 163 Å². The zero-order chi connectivity index (χ0) is 19.4. The Hall–Kier alpha value is -2.60. The van der Waals surface area contributed by atoms with Crippen LogP contribution < -0.4 is 24.8 Å². The van der Waals surface area contributed by atoms with Crippen LogP contribution in [0.1, 0.15) is 18.4 Å². The summed E-state index contributed by atoms with van der Waals surface area (Å²) in [5, 5.41) is 6.26. The fourth-order valence-corrected chi connectivity index (χ4v) is 3.25. The van der Waals surface area contributed by atoms with E-state index in [1.807, 2.05) is 18.2 Å². The molecule has 0 unspecified atom stereocenters. The van der Waals surface area contributed by atoms with Crippen LogP contribution in [0.25, 0.3) is 0 Å². The van der Waals surface area contributed by atoms with Crippen LogP contribution in [0.15, 0.2) is 36.4 Å². The van der Waals surface area contributed by atoms with Crippen molar-refractivity contribution < 1.29 is 19.0 Å². The first-order chi connectivity index (χ1) is 13.0. The van der Waals surface area contributed by atoms with Gasteiger partial charge in [-0.3, -0.25) is 0 Å². The van der Waals surface area contributed by atoms with Crippen molar-refractivity contribution in [2.45, 2.75) is 18.3 Å². The lowest BCUT2D eigenvalue weighted by molar-refractivity contribution is 0.251. The van der Waals surface area contributed by atoms with Gasteiger partial charge in [0.05, 0.1) is 27.0 Å². The van der Waals surface area contributed by atoms with Crippen molar-refractivity contribution in [2.75, 3.05) is 33.2 Å². The highest BCUT2D eigenvalue weighted by molar-refractivity contribution is 6.31. The van der Waals surface area contributed by atoms with Crippen LogP contribution in [0.2, 0.25) is 5.02 Å². The van der Waals surface area contributed by atoms with Crippen molar-refractivity contribution in [1.29, 1.82) is 0 Å². The van der Waals surface area contributed by atoms with Crippen LogP contribution in [-0.2, 0) is 5.41 Å². The molecule has 0 radical (unpaired) electrons. The molecule has 6 nitrogen and oxygen atoms in total. The molecule has 0 saturated heterocycles.